The van der Waals surface area contributed by atoms with Crippen LogP contribution in [-0.2, 0) is 4.79 Å². The molecule has 1 rings (SSSR count). The van der Waals surface area contributed by atoms with Crippen molar-refractivity contribution in [3.63, 3.8) is 0 Å². The van der Waals surface area contributed by atoms with Gasteiger partial charge >= 0.3 is 0 Å². The summed E-state index contributed by atoms with van der Waals surface area (Å²) in [6, 6.07) is -0.0927. The van der Waals surface area contributed by atoms with Gasteiger partial charge in [-0.15, -0.1) is 0 Å². The molecule has 0 aromatic rings. The highest BCUT2D eigenvalue weighted by atomic mass is 16.2. The lowest BCUT2D eigenvalue weighted by atomic mass is 10.0. The van der Waals surface area contributed by atoms with Crippen LogP contribution in [0.3, 0.4) is 0 Å². The Balaban J connectivity index is 2.32. The highest BCUT2D eigenvalue weighted by Gasteiger charge is 2.40. The minimum Gasteiger partial charge on any atom is -0.350 e. The van der Waals surface area contributed by atoms with Gasteiger partial charge in [0.1, 0.15) is 0 Å². The number of carbonyl (C=O) groups excluding carboxylic acids is 1. The second-order valence-corrected chi connectivity index (χ2v) is 6.18. The first-order valence-electron chi connectivity index (χ1n) is 6.89. The van der Waals surface area contributed by atoms with Gasteiger partial charge in [-0.2, -0.15) is 0 Å². The molecule has 1 unspecified atom stereocenters. The predicted molar refractivity (Wildman–Crippen MR) is 71.9 cm³/mol. The quantitative estimate of drug-likeness (QED) is 0.717. The molecule has 0 saturated heterocycles. The maximum atomic E-state index is 12.0. The minimum atomic E-state index is -0.102. The zero-order valence-electron chi connectivity index (χ0n) is 12.0. The molecule has 0 aromatic carbocycles. The Kier molecular flexibility index (Phi) is 4.59. The molecule has 0 aliphatic heterocycles. The Hall–Kier alpha value is -0.570. The van der Waals surface area contributed by atoms with Crippen molar-refractivity contribution in [1.82, 2.24) is 10.6 Å². The van der Waals surface area contributed by atoms with Gasteiger partial charge in [0.25, 0.3) is 0 Å². The zero-order valence-corrected chi connectivity index (χ0v) is 12.0. The van der Waals surface area contributed by atoms with E-state index in [-0.39, 0.29) is 17.5 Å². The van der Waals surface area contributed by atoms with Crippen molar-refractivity contribution < 1.29 is 4.79 Å². The second-order valence-electron chi connectivity index (χ2n) is 6.18. The Morgan fingerprint density at radius 3 is 2.35 bits per heavy atom. The third kappa shape index (κ3) is 4.30. The van der Waals surface area contributed by atoms with Gasteiger partial charge < -0.3 is 10.6 Å². The molecule has 1 aliphatic rings. The van der Waals surface area contributed by atoms with Crippen molar-refractivity contribution in [1.29, 1.82) is 0 Å². The molecule has 2 N–H and O–H groups in total. The Bertz CT molecular complexity index is 269. The fraction of sp³-hybridized carbons (Fsp3) is 0.929. The summed E-state index contributed by atoms with van der Waals surface area (Å²) in [6.07, 6.45) is 4.79. The Labute approximate surface area is 106 Å². The molecule has 0 spiro atoms. The van der Waals surface area contributed by atoms with Gasteiger partial charge in [-0.05, 0) is 51.9 Å². The van der Waals surface area contributed by atoms with Crippen LogP contribution in [0.4, 0.5) is 0 Å². The second kappa shape index (κ2) is 5.38. The molecule has 1 aliphatic carbocycles. The van der Waals surface area contributed by atoms with Crippen molar-refractivity contribution in [2.75, 3.05) is 6.54 Å². The SMILES string of the molecule is CCC1(CNC(C)C(=O)NC(C)(C)CC)CC1. The number of amides is 1. The zero-order chi connectivity index (χ0) is 13.1. The van der Waals surface area contributed by atoms with Gasteiger partial charge in [0.05, 0.1) is 6.04 Å². The van der Waals surface area contributed by atoms with E-state index in [1.54, 1.807) is 0 Å². The first-order chi connectivity index (χ1) is 7.84. The van der Waals surface area contributed by atoms with E-state index in [1.807, 2.05) is 6.92 Å². The summed E-state index contributed by atoms with van der Waals surface area (Å²) in [5.41, 5.74) is 0.393. The lowest BCUT2D eigenvalue weighted by Gasteiger charge is -2.27. The largest absolute Gasteiger partial charge is 0.350 e. The third-order valence-electron chi connectivity index (χ3n) is 4.23. The Morgan fingerprint density at radius 2 is 1.94 bits per heavy atom. The van der Waals surface area contributed by atoms with Crippen molar-refractivity contribution in [3.05, 3.63) is 0 Å². The summed E-state index contributed by atoms with van der Waals surface area (Å²) in [6.45, 7) is 11.4. The predicted octanol–water partition coefficient (Wildman–Crippen LogP) is 2.46. The topological polar surface area (TPSA) is 41.1 Å². The maximum absolute atomic E-state index is 12.0. The molecule has 100 valence electrons. The van der Waals surface area contributed by atoms with E-state index in [4.69, 9.17) is 0 Å². The first-order valence-corrected chi connectivity index (χ1v) is 6.89. The van der Waals surface area contributed by atoms with Gasteiger partial charge in [0.2, 0.25) is 5.91 Å². The molecule has 17 heavy (non-hydrogen) atoms. The summed E-state index contributed by atoms with van der Waals surface area (Å²) in [5.74, 6) is 0.115. The van der Waals surface area contributed by atoms with E-state index in [0.717, 1.165) is 13.0 Å². The number of carbonyl (C=O) groups is 1. The van der Waals surface area contributed by atoms with Gasteiger partial charge in [0, 0.05) is 12.1 Å². The van der Waals surface area contributed by atoms with Crippen LogP contribution in [0, 0.1) is 5.41 Å². The first kappa shape index (κ1) is 14.5. The van der Waals surface area contributed by atoms with Crippen LogP contribution in [0.2, 0.25) is 0 Å². The van der Waals surface area contributed by atoms with Crippen molar-refractivity contribution in [2.24, 2.45) is 5.41 Å². The summed E-state index contributed by atoms with van der Waals surface area (Å²) in [4.78, 5) is 12.0. The van der Waals surface area contributed by atoms with Crippen LogP contribution in [-0.4, -0.2) is 24.0 Å². The maximum Gasteiger partial charge on any atom is 0.237 e. The van der Waals surface area contributed by atoms with Crippen LogP contribution < -0.4 is 10.6 Å². The molecule has 0 heterocycles. The van der Waals surface area contributed by atoms with E-state index in [2.05, 4.69) is 38.3 Å². The normalized spacial score (nSPS) is 19.8. The van der Waals surface area contributed by atoms with E-state index >= 15 is 0 Å². The highest BCUT2D eigenvalue weighted by Crippen LogP contribution is 2.47. The summed E-state index contributed by atoms with van der Waals surface area (Å²) in [5, 5.41) is 6.45. The van der Waals surface area contributed by atoms with Crippen molar-refractivity contribution >= 4 is 5.91 Å². The van der Waals surface area contributed by atoms with Crippen LogP contribution in [0.25, 0.3) is 0 Å². The van der Waals surface area contributed by atoms with Crippen LogP contribution in [0.15, 0.2) is 0 Å². The lowest BCUT2D eigenvalue weighted by molar-refractivity contribution is -0.124. The number of nitrogens with one attached hydrogen (secondary N) is 2. The molecule has 1 atom stereocenters. The molecule has 1 saturated carbocycles. The number of hydrogen-bond donors (Lipinski definition) is 2. The van der Waals surface area contributed by atoms with E-state index < -0.39 is 0 Å². The molecule has 1 amide bonds. The van der Waals surface area contributed by atoms with Crippen LogP contribution >= 0.6 is 0 Å². The Morgan fingerprint density at radius 1 is 1.35 bits per heavy atom. The number of rotatable bonds is 7. The minimum absolute atomic E-state index is 0.0927. The van der Waals surface area contributed by atoms with Gasteiger partial charge in [-0.3, -0.25) is 4.79 Å². The van der Waals surface area contributed by atoms with Crippen molar-refractivity contribution in [2.45, 2.75) is 71.9 Å². The fourth-order valence-corrected chi connectivity index (χ4v) is 1.82. The summed E-state index contributed by atoms with van der Waals surface area (Å²) in [7, 11) is 0. The van der Waals surface area contributed by atoms with E-state index in [9.17, 15) is 4.79 Å². The summed E-state index contributed by atoms with van der Waals surface area (Å²) < 4.78 is 0. The molecule has 0 aromatic heterocycles. The molecular weight excluding hydrogens is 212 g/mol. The van der Waals surface area contributed by atoms with Gasteiger partial charge in [-0.25, -0.2) is 0 Å². The third-order valence-corrected chi connectivity index (χ3v) is 4.23. The molecule has 1 fully saturated rings. The molecule has 3 nitrogen and oxygen atoms in total. The van der Waals surface area contributed by atoms with E-state index in [1.165, 1.54) is 19.3 Å². The fourth-order valence-electron chi connectivity index (χ4n) is 1.82. The van der Waals surface area contributed by atoms with E-state index in [0.29, 0.717) is 5.41 Å². The average Bonchev–Trinajstić information content (AvgIpc) is 3.06. The van der Waals surface area contributed by atoms with Crippen LogP contribution in [0.1, 0.15) is 60.3 Å². The standard InChI is InChI=1S/C14H28N2O/c1-6-13(4,5)16-12(17)11(3)15-10-14(7-2)8-9-14/h11,15H,6-10H2,1-5H3,(H,16,17). The van der Waals surface area contributed by atoms with Gasteiger partial charge in [0.15, 0.2) is 0 Å². The molecule has 0 bridgehead atoms. The highest BCUT2D eigenvalue weighted by molar-refractivity contribution is 5.81. The monoisotopic (exact) mass is 240 g/mol. The lowest BCUT2D eigenvalue weighted by Crippen LogP contribution is -2.51. The molecule has 3 heteroatoms. The van der Waals surface area contributed by atoms with Crippen LogP contribution in [0.5, 0.6) is 0 Å². The molecular formula is C14H28N2O. The van der Waals surface area contributed by atoms with Gasteiger partial charge in [-0.1, -0.05) is 13.8 Å². The number of hydrogen-bond acceptors (Lipinski definition) is 2. The average molecular weight is 240 g/mol. The van der Waals surface area contributed by atoms with Crippen molar-refractivity contribution in [3.8, 4) is 0 Å². The smallest absolute Gasteiger partial charge is 0.237 e. The summed E-state index contributed by atoms with van der Waals surface area (Å²) >= 11 is 0. The molecule has 0 radical (unpaired) electrons.